The van der Waals surface area contributed by atoms with Gasteiger partial charge < -0.3 is 25.0 Å². The van der Waals surface area contributed by atoms with E-state index in [1.165, 1.54) is 5.56 Å². The second-order valence-corrected chi connectivity index (χ2v) is 6.52. The molecule has 1 unspecified atom stereocenters. The number of carboxylic acid groups (broad SMARTS) is 2. The third-order valence-corrected chi connectivity index (χ3v) is 3.84. The minimum atomic E-state index is -1.26. The Bertz CT molecular complexity index is 816. The van der Waals surface area contributed by atoms with E-state index >= 15 is 0 Å². The Balaban J connectivity index is 0.000000447. The Hall–Kier alpha value is -3.16. The van der Waals surface area contributed by atoms with Gasteiger partial charge in [0.05, 0.1) is 6.61 Å². The number of hydrogen-bond acceptors (Lipinski definition) is 5. The summed E-state index contributed by atoms with van der Waals surface area (Å²) in [6, 6.07) is 15.5. The zero-order valence-electron chi connectivity index (χ0n) is 16.8. The van der Waals surface area contributed by atoms with Gasteiger partial charge in [-0.2, -0.15) is 0 Å². The summed E-state index contributed by atoms with van der Waals surface area (Å²) < 4.78 is 6.11. The summed E-state index contributed by atoms with van der Waals surface area (Å²) >= 11 is 0. The van der Waals surface area contributed by atoms with Gasteiger partial charge in [0, 0.05) is 18.7 Å². The van der Waals surface area contributed by atoms with Crippen LogP contribution in [0.3, 0.4) is 0 Å². The van der Waals surface area contributed by atoms with E-state index in [1.807, 2.05) is 38.4 Å². The van der Waals surface area contributed by atoms with Gasteiger partial charge in [-0.1, -0.05) is 36.4 Å². The lowest BCUT2D eigenvalue weighted by molar-refractivity contribution is -0.134. The molecule has 2 rings (SSSR count). The summed E-state index contributed by atoms with van der Waals surface area (Å²) in [5.41, 5.74) is 3.31. The zero-order valence-corrected chi connectivity index (χ0v) is 16.8. The first-order valence-corrected chi connectivity index (χ1v) is 8.95. The fraction of sp³-hybridized carbons (Fsp3) is 0.273. The standard InChI is InChI=1S/C18H23NO2.C4H4O4/c1-14-7-4-5-10-17(14)18(21-12-11-19(2)3)15-8-6-9-16(20)13-15;5-3(6)1-2-4(7)8/h4-10,13,18,20H,11-12H2,1-3H3;1-2H,(H,5,6)(H,7,8). The first kappa shape index (κ1) is 23.9. The third kappa shape index (κ3) is 9.55. The summed E-state index contributed by atoms with van der Waals surface area (Å²) in [7, 11) is 4.06. The van der Waals surface area contributed by atoms with Gasteiger partial charge in [0.25, 0.3) is 0 Å². The molecule has 0 spiro atoms. The van der Waals surface area contributed by atoms with E-state index in [0.29, 0.717) is 18.8 Å². The minimum absolute atomic E-state index is 0.154. The number of aromatic hydroxyl groups is 1. The maximum Gasteiger partial charge on any atom is 0.328 e. The van der Waals surface area contributed by atoms with Crippen molar-refractivity contribution in [1.82, 2.24) is 4.90 Å². The van der Waals surface area contributed by atoms with Crippen LogP contribution in [0.4, 0.5) is 0 Å². The predicted molar refractivity (Wildman–Crippen MR) is 110 cm³/mol. The second-order valence-electron chi connectivity index (χ2n) is 6.52. The van der Waals surface area contributed by atoms with Crippen molar-refractivity contribution in [1.29, 1.82) is 0 Å². The maximum absolute atomic E-state index is 9.73. The van der Waals surface area contributed by atoms with Crippen LogP contribution in [0.2, 0.25) is 0 Å². The largest absolute Gasteiger partial charge is 0.508 e. The third-order valence-electron chi connectivity index (χ3n) is 3.84. The van der Waals surface area contributed by atoms with Gasteiger partial charge in [-0.15, -0.1) is 0 Å². The van der Waals surface area contributed by atoms with E-state index in [1.54, 1.807) is 12.1 Å². The molecule has 2 aromatic carbocycles. The molecule has 0 amide bonds. The molecule has 0 saturated carbocycles. The predicted octanol–water partition coefficient (Wildman–Crippen LogP) is 3.08. The number of aliphatic carboxylic acids is 2. The van der Waals surface area contributed by atoms with Gasteiger partial charge in [-0.05, 0) is 49.8 Å². The van der Waals surface area contributed by atoms with Crippen LogP contribution in [0.5, 0.6) is 5.75 Å². The number of carbonyl (C=O) groups is 2. The fourth-order valence-electron chi connectivity index (χ4n) is 2.43. The molecule has 3 N–H and O–H groups in total. The second kappa shape index (κ2) is 12.3. The topological polar surface area (TPSA) is 107 Å². The number of ether oxygens (including phenoxy) is 1. The molecule has 2 aromatic rings. The maximum atomic E-state index is 9.73. The van der Waals surface area contributed by atoms with E-state index in [-0.39, 0.29) is 11.9 Å². The molecule has 0 aliphatic heterocycles. The zero-order chi connectivity index (χ0) is 21.8. The quantitative estimate of drug-likeness (QED) is 0.584. The van der Waals surface area contributed by atoms with Crippen molar-refractivity contribution in [2.45, 2.75) is 13.0 Å². The van der Waals surface area contributed by atoms with Gasteiger partial charge in [0.2, 0.25) is 0 Å². The van der Waals surface area contributed by atoms with Crippen molar-refractivity contribution < 1.29 is 29.6 Å². The molecule has 0 bridgehead atoms. The first-order chi connectivity index (χ1) is 13.7. The number of nitrogens with zero attached hydrogens (tertiary/aromatic N) is 1. The summed E-state index contributed by atoms with van der Waals surface area (Å²) in [5.74, 6) is -2.25. The summed E-state index contributed by atoms with van der Waals surface area (Å²) in [5, 5.41) is 25.4. The lowest BCUT2D eigenvalue weighted by Gasteiger charge is -2.22. The number of phenolic OH excluding ortho intramolecular Hbond substituents is 1. The molecular formula is C22H27NO6. The Labute approximate surface area is 170 Å². The normalized spacial score (nSPS) is 11.7. The average Bonchev–Trinajstić information content (AvgIpc) is 2.65. The molecule has 0 radical (unpaired) electrons. The van der Waals surface area contributed by atoms with Crippen molar-refractivity contribution >= 4 is 11.9 Å². The van der Waals surface area contributed by atoms with E-state index in [2.05, 4.69) is 24.0 Å². The Morgan fingerprint density at radius 3 is 2.17 bits per heavy atom. The smallest absolute Gasteiger partial charge is 0.328 e. The van der Waals surface area contributed by atoms with Gasteiger partial charge >= 0.3 is 11.9 Å². The van der Waals surface area contributed by atoms with E-state index in [0.717, 1.165) is 17.7 Å². The summed E-state index contributed by atoms with van der Waals surface area (Å²) in [6.45, 7) is 3.59. The van der Waals surface area contributed by atoms with Crippen LogP contribution in [0.25, 0.3) is 0 Å². The number of rotatable bonds is 8. The molecule has 29 heavy (non-hydrogen) atoms. The van der Waals surface area contributed by atoms with Gasteiger partial charge in [0.15, 0.2) is 0 Å². The lowest BCUT2D eigenvalue weighted by atomic mass is 9.97. The van der Waals surface area contributed by atoms with Crippen LogP contribution >= 0.6 is 0 Å². The van der Waals surface area contributed by atoms with E-state index in [4.69, 9.17) is 14.9 Å². The molecule has 7 nitrogen and oxygen atoms in total. The molecular weight excluding hydrogens is 374 g/mol. The van der Waals surface area contributed by atoms with E-state index in [9.17, 15) is 14.7 Å². The molecule has 0 heterocycles. The lowest BCUT2D eigenvalue weighted by Crippen LogP contribution is -2.20. The first-order valence-electron chi connectivity index (χ1n) is 8.95. The Morgan fingerprint density at radius 2 is 1.66 bits per heavy atom. The minimum Gasteiger partial charge on any atom is -0.508 e. The number of hydrogen-bond donors (Lipinski definition) is 3. The van der Waals surface area contributed by atoms with Crippen LogP contribution in [-0.2, 0) is 14.3 Å². The van der Waals surface area contributed by atoms with E-state index < -0.39 is 11.9 Å². The molecule has 0 aliphatic rings. The van der Waals surface area contributed by atoms with Gasteiger partial charge in [-0.3, -0.25) is 0 Å². The van der Waals surface area contributed by atoms with Crippen molar-refractivity contribution in [3.8, 4) is 5.75 Å². The number of likely N-dealkylation sites (N-methyl/N-ethyl adjacent to an activating group) is 1. The van der Waals surface area contributed by atoms with Crippen LogP contribution in [0.15, 0.2) is 60.7 Å². The highest BCUT2D eigenvalue weighted by molar-refractivity contribution is 5.89. The number of benzene rings is 2. The van der Waals surface area contributed by atoms with Crippen LogP contribution in [0.1, 0.15) is 22.8 Å². The number of carboxylic acids is 2. The average molecular weight is 401 g/mol. The summed E-state index contributed by atoms with van der Waals surface area (Å²) in [4.78, 5) is 21.2. The van der Waals surface area contributed by atoms with Gasteiger partial charge in [0.1, 0.15) is 11.9 Å². The van der Waals surface area contributed by atoms with Gasteiger partial charge in [-0.25, -0.2) is 9.59 Å². The molecule has 156 valence electrons. The fourth-order valence-corrected chi connectivity index (χ4v) is 2.43. The summed E-state index contributed by atoms with van der Waals surface area (Å²) in [6.07, 6.45) is 0.961. The molecule has 7 heteroatoms. The van der Waals surface area contributed by atoms with Crippen molar-refractivity contribution in [2.24, 2.45) is 0 Å². The molecule has 0 fully saturated rings. The highest BCUT2D eigenvalue weighted by Gasteiger charge is 2.17. The highest BCUT2D eigenvalue weighted by Crippen LogP contribution is 2.30. The Kier molecular flexibility index (Phi) is 10.2. The highest BCUT2D eigenvalue weighted by atomic mass is 16.5. The molecule has 0 saturated heterocycles. The monoisotopic (exact) mass is 401 g/mol. The number of aryl methyl sites for hydroxylation is 1. The van der Waals surface area contributed by atoms with Crippen LogP contribution in [0, 0.1) is 6.92 Å². The van der Waals surface area contributed by atoms with Crippen molar-refractivity contribution in [3.63, 3.8) is 0 Å². The van der Waals surface area contributed by atoms with Crippen molar-refractivity contribution in [3.05, 3.63) is 77.4 Å². The number of phenols is 1. The van der Waals surface area contributed by atoms with Crippen molar-refractivity contribution in [2.75, 3.05) is 27.2 Å². The Morgan fingerprint density at radius 1 is 1.03 bits per heavy atom. The molecule has 0 aliphatic carbocycles. The SMILES string of the molecule is Cc1ccccc1C(OCCN(C)C)c1cccc(O)c1.O=C(O)C=CC(=O)O. The van der Waals surface area contributed by atoms with Crippen LogP contribution < -0.4 is 0 Å². The molecule has 1 atom stereocenters. The molecule has 0 aromatic heterocycles. The van der Waals surface area contributed by atoms with Crippen LogP contribution in [-0.4, -0.2) is 59.4 Å².